The number of hydrogen-bond acceptors (Lipinski definition) is 4. The average Bonchev–Trinajstić information content (AvgIpc) is 2.87. The maximum Gasteiger partial charge on any atom is 0.193 e. The van der Waals surface area contributed by atoms with Crippen molar-refractivity contribution >= 4 is 25.0 Å². The molecule has 1 aliphatic heterocycles. The van der Waals surface area contributed by atoms with Crippen molar-refractivity contribution in [3.8, 4) is 0 Å². The maximum absolute atomic E-state index is 14.8. The van der Waals surface area contributed by atoms with E-state index in [0.29, 0.717) is 6.61 Å². The molecular weight excluding hydrogens is 468 g/mol. The SMILES string of the molecule is CC(F)=C1O[C@H](CO[Si](C)(C)C(C)(C)C)[C@@H](O[Si](C)(C)C(C)(C)C)[C@H]1O[Si](C)(C)C(C)(C)C. The van der Waals surface area contributed by atoms with E-state index in [0.717, 1.165) is 0 Å². The fraction of sp³-hybridized carbons (Fsp3) is 0.920. The van der Waals surface area contributed by atoms with E-state index in [2.05, 4.69) is 102 Å². The monoisotopic (exact) mass is 520 g/mol. The van der Waals surface area contributed by atoms with Crippen molar-refractivity contribution in [1.29, 1.82) is 0 Å². The molecule has 1 fully saturated rings. The van der Waals surface area contributed by atoms with E-state index >= 15 is 0 Å². The molecule has 1 aliphatic rings. The summed E-state index contributed by atoms with van der Waals surface area (Å²) in [7, 11) is -6.41. The van der Waals surface area contributed by atoms with Crippen molar-refractivity contribution < 1.29 is 22.4 Å². The Morgan fingerprint density at radius 2 is 1.15 bits per heavy atom. The summed E-state index contributed by atoms with van der Waals surface area (Å²) in [5.74, 6) is -0.0512. The smallest absolute Gasteiger partial charge is 0.193 e. The molecule has 0 aromatic rings. The molecule has 0 bridgehead atoms. The van der Waals surface area contributed by atoms with E-state index in [1.807, 2.05) is 0 Å². The van der Waals surface area contributed by atoms with Gasteiger partial charge in [0.05, 0.1) is 6.61 Å². The van der Waals surface area contributed by atoms with Crippen LogP contribution in [0.2, 0.25) is 54.4 Å². The van der Waals surface area contributed by atoms with Gasteiger partial charge < -0.3 is 18.0 Å². The molecule has 4 nitrogen and oxygen atoms in total. The van der Waals surface area contributed by atoms with Gasteiger partial charge in [0.2, 0.25) is 0 Å². The molecule has 0 aromatic carbocycles. The van der Waals surface area contributed by atoms with E-state index in [4.69, 9.17) is 18.0 Å². The quantitative estimate of drug-likeness (QED) is 0.316. The first-order chi connectivity index (χ1) is 14.3. The highest BCUT2D eigenvalue weighted by Crippen LogP contribution is 2.45. The minimum atomic E-state index is -2.22. The lowest BCUT2D eigenvalue weighted by Gasteiger charge is -2.43. The molecule has 1 heterocycles. The van der Waals surface area contributed by atoms with Gasteiger partial charge in [-0.2, -0.15) is 0 Å². The zero-order valence-corrected chi connectivity index (χ0v) is 27.5. The van der Waals surface area contributed by atoms with Gasteiger partial charge in [0, 0.05) is 0 Å². The van der Waals surface area contributed by atoms with Crippen LogP contribution in [0.25, 0.3) is 0 Å². The summed E-state index contributed by atoms with van der Waals surface area (Å²) < 4.78 is 41.4. The van der Waals surface area contributed by atoms with E-state index in [1.54, 1.807) is 0 Å². The topological polar surface area (TPSA) is 36.9 Å². The summed E-state index contributed by atoms with van der Waals surface area (Å²) >= 11 is 0. The van der Waals surface area contributed by atoms with Gasteiger partial charge >= 0.3 is 0 Å². The Morgan fingerprint density at radius 3 is 1.52 bits per heavy atom. The van der Waals surface area contributed by atoms with E-state index in [1.165, 1.54) is 6.92 Å². The maximum atomic E-state index is 14.8. The molecule has 0 radical (unpaired) electrons. The second-order valence-electron chi connectivity index (χ2n) is 14.3. The molecule has 0 N–H and O–H groups in total. The van der Waals surface area contributed by atoms with Gasteiger partial charge in [-0.1, -0.05) is 62.3 Å². The van der Waals surface area contributed by atoms with Crippen molar-refractivity contribution in [2.75, 3.05) is 6.61 Å². The van der Waals surface area contributed by atoms with Gasteiger partial charge in [-0.05, 0) is 61.3 Å². The molecule has 1 rings (SSSR count). The normalized spacial score (nSPS) is 25.3. The highest BCUT2D eigenvalue weighted by molar-refractivity contribution is 6.75. The van der Waals surface area contributed by atoms with E-state index in [9.17, 15) is 4.39 Å². The van der Waals surface area contributed by atoms with Gasteiger partial charge in [0.15, 0.2) is 30.7 Å². The van der Waals surface area contributed by atoms with Crippen LogP contribution in [0, 0.1) is 0 Å². The lowest BCUT2D eigenvalue weighted by molar-refractivity contribution is 0.00896. The largest absolute Gasteiger partial charge is 0.484 e. The highest BCUT2D eigenvalue weighted by Gasteiger charge is 2.53. The van der Waals surface area contributed by atoms with E-state index in [-0.39, 0.29) is 26.7 Å². The predicted molar refractivity (Wildman–Crippen MR) is 146 cm³/mol. The number of halogens is 1. The Hall–Kier alpha value is 0.000649. The van der Waals surface area contributed by atoms with Crippen LogP contribution in [0.15, 0.2) is 11.6 Å². The Kier molecular flexibility index (Phi) is 9.22. The Bertz CT molecular complexity index is 709. The van der Waals surface area contributed by atoms with Crippen LogP contribution in [-0.2, 0) is 18.0 Å². The highest BCUT2D eigenvalue weighted by atomic mass is 28.4. The molecule has 196 valence electrons. The first-order valence-corrected chi connectivity index (χ1v) is 21.1. The minimum absolute atomic E-state index is 0.0105. The first-order valence-electron chi connectivity index (χ1n) is 12.4. The molecule has 1 saturated heterocycles. The molecule has 3 atom stereocenters. The van der Waals surface area contributed by atoms with Crippen molar-refractivity contribution in [3.63, 3.8) is 0 Å². The Balaban J connectivity index is 3.44. The van der Waals surface area contributed by atoms with Crippen LogP contribution in [0.5, 0.6) is 0 Å². The summed E-state index contributed by atoms with van der Waals surface area (Å²) in [4.78, 5) is 0. The molecule has 0 saturated carbocycles. The minimum Gasteiger partial charge on any atom is -0.484 e. The number of hydrogen-bond donors (Lipinski definition) is 0. The average molecular weight is 521 g/mol. The summed E-state index contributed by atoms with van der Waals surface area (Å²) in [6.45, 7) is 35.1. The van der Waals surface area contributed by atoms with Crippen LogP contribution >= 0.6 is 0 Å². The third-order valence-electron chi connectivity index (χ3n) is 8.42. The zero-order valence-electron chi connectivity index (χ0n) is 24.5. The summed E-state index contributed by atoms with van der Waals surface area (Å²) in [6, 6.07) is 0. The molecular formula is C25H53FO4Si3. The standard InChI is InChI=1S/C25H53FO4Si3/c1-18(26)20-22(30-33(15,16)25(8,9)10)21(29-32(13,14)24(5,6)7)19(28-20)17-27-31(11,12)23(2,3)4/h19,21-22H,17H2,1-16H3/t19-,21-,22+/m1/s1. The van der Waals surface area contributed by atoms with Crippen LogP contribution in [0.1, 0.15) is 69.2 Å². The molecule has 0 amide bonds. The fourth-order valence-corrected chi connectivity index (χ4v) is 6.38. The lowest BCUT2D eigenvalue weighted by Crippen LogP contribution is -2.54. The fourth-order valence-electron chi connectivity index (χ4n) is 2.82. The molecule has 0 aliphatic carbocycles. The van der Waals surface area contributed by atoms with E-state index < -0.39 is 43.3 Å². The third kappa shape index (κ3) is 7.26. The lowest BCUT2D eigenvalue weighted by atomic mass is 10.1. The zero-order chi connectivity index (χ0) is 26.4. The first kappa shape index (κ1) is 31.0. The van der Waals surface area contributed by atoms with Crippen LogP contribution < -0.4 is 0 Å². The van der Waals surface area contributed by atoms with Crippen molar-refractivity contribution in [2.45, 2.75) is 142 Å². The van der Waals surface area contributed by atoms with Crippen molar-refractivity contribution in [2.24, 2.45) is 0 Å². The molecule has 8 heteroatoms. The Labute approximate surface area is 207 Å². The predicted octanol–water partition coefficient (Wildman–Crippen LogP) is 8.39. The molecule has 0 unspecified atom stereocenters. The van der Waals surface area contributed by atoms with Gasteiger partial charge in [-0.25, -0.2) is 4.39 Å². The Morgan fingerprint density at radius 1 is 0.758 bits per heavy atom. The molecule has 0 spiro atoms. The van der Waals surface area contributed by atoms with Crippen molar-refractivity contribution in [1.82, 2.24) is 0 Å². The number of ether oxygens (including phenoxy) is 1. The van der Waals surface area contributed by atoms with Crippen molar-refractivity contribution in [3.05, 3.63) is 11.6 Å². The molecule has 33 heavy (non-hydrogen) atoms. The second-order valence-corrected chi connectivity index (χ2v) is 28.6. The van der Waals surface area contributed by atoms with Crippen LogP contribution in [0.4, 0.5) is 4.39 Å². The number of rotatable bonds is 7. The van der Waals surface area contributed by atoms with Gasteiger partial charge in [0.25, 0.3) is 0 Å². The second kappa shape index (κ2) is 9.81. The van der Waals surface area contributed by atoms with Crippen LogP contribution in [0.3, 0.4) is 0 Å². The third-order valence-corrected chi connectivity index (χ3v) is 21.9. The summed E-state index contributed by atoms with van der Waals surface area (Å²) in [6.07, 6.45) is -1.35. The van der Waals surface area contributed by atoms with Crippen LogP contribution in [-0.4, -0.2) is 49.9 Å². The molecule has 0 aromatic heterocycles. The van der Waals surface area contributed by atoms with Gasteiger partial charge in [-0.15, -0.1) is 0 Å². The summed E-state index contributed by atoms with van der Waals surface area (Å²) in [5, 5.41) is 0.0727. The summed E-state index contributed by atoms with van der Waals surface area (Å²) in [5.41, 5.74) is 0. The van der Waals surface area contributed by atoms with Gasteiger partial charge in [-0.3, -0.25) is 0 Å². The van der Waals surface area contributed by atoms with Gasteiger partial charge in [0.1, 0.15) is 24.1 Å². The number of allylic oxidation sites excluding steroid dienone is 1.